The van der Waals surface area contributed by atoms with Crippen LogP contribution in [0.2, 0.25) is 0 Å². The summed E-state index contributed by atoms with van der Waals surface area (Å²) in [6.07, 6.45) is 3.74. The fourth-order valence-electron chi connectivity index (χ4n) is 2.91. The second-order valence-electron chi connectivity index (χ2n) is 6.32. The van der Waals surface area contributed by atoms with E-state index >= 15 is 0 Å². The second-order valence-corrected chi connectivity index (χ2v) is 6.32. The maximum Gasteiger partial charge on any atom is 0.262 e. The number of hydrogen-bond donors (Lipinski definition) is 3. The Kier molecular flexibility index (Phi) is 6.06. The average Bonchev–Trinajstić information content (AvgIpc) is 3.10. The number of benzene rings is 2. The van der Waals surface area contributed by atoms with Crippen LogP contribution >= 0.6 is 0 Å². The Balaban J connectivity index is 1.68. The van der Waals surface area contributed by atoms with Crippen LogP contribution in [-0.2, 0) is 16.0 Å². The number of fused-ring (bicyclic) bond motifs is 1. The van der Waals surface area contributed by atoms with Crippen LogP contribution < -0.4 is 15.5 Å². The number of aromatic nitrogens is 1. The van der Waals surface area contributed by atoms with E-state index in [4.69, 9.17) is 4.74 Å². The molecule has 1 aromatic heterocycles. The zero-order valence-corrected chi connectivity index (χ0v) is 15.7. The van der Waals surface area contributed by atoms with Gasteiger partial charge in [-0.05, 0) is 41.5 Å². The number of methoxy groups -OCH3 is 1. The summed E-state index contributed by atoms with van der Waals surface area (Å²) in [5, 5.41) is 7.70. The van der Waals surface area contributed by atoms with Gasteiger partial charge in [0.15, 0.2) is 0 Å². The number of aromatic amines is 1. The first kappa shape index (κ1) is 19.2. The highest BCUT2D eigenvalue weighted by Gasteiger charge is 2.21. The van der Waals surface area contributed by atoms with E-state index in [1.165, 1.54) is 13.1 Å². The number of rotatable bonds is 7. The minimum absolute atomic E-state index is 0.279. The van der Waals surface area contributed by atoms with E-state index in [1.807, 2.05) is 42.6 Å². The van der Waals surface area contributed by atoms with E-state index in [2.05, 4.69) is 20.8 Å². The summed E-state index contributed by atoms with van der Waals surface area (Å²) in [5.74, 6) is 0.0787. The third-order valence-electron chi connectivity index (χ3n) is 4.30. The molecule has 0 saturated heterocycles. The number of carbonyl (C=O) groups excluding carboxylic acids is 2. The molecule has 7 nitrogen and oxygen atoms in total. The molecule has 0 aliphatic rings. The van der Waals surface area contributed by atoms with E-state index < -0.39 is 6.04 Å². The van der Waals surface area contributed by atoms with E-state index in [-0.39, 0.29) is 11.8 Å². The predicted octanol–water partition coefficient (Wildman–Crippen LogP) is 2.37. The molecule has 3 N–H and O–H groups in total. The van der Waals surface area contributed by atoms with Crippen molar-refractivity contribution in [2.24, 2.45) is 5.10 Å². The van der Waals surface area contributed by atoms with Crippen molar-refractivity contribution in [3.8, 4) is 5.75 Å². The first-order chi connectivity index (χ1) is 13.6. The van der Waals surface area contributed by atoms with Crippen molar-refractivity contribution in [3.63, 3.8) is 0 Å². The van der Waals surface area contributed by atoms with Gasteiger partial charge in [0.05, 0.1) is 13.3 Å². The van der Waals surface area contributed by atoms with Crippen LogP contribution in [0.25, 0.3) is 10.9 Å². The number of hydrogen-bond acceptors (Lipinski definition) is 4. The monoisotopic (exact) mass is 378 g/mol. The Morgan fingerprint density at radius 2 is 1.93 bits per heavy atom. The maximum absolute atomic E-state index is 12.6. The zero-order valence-electron chi connectivity index (χ0n) is 15.7. The van der Waals surface area contributed by atoms with Crippen LogP contribution in [-0.4, -0.2) is 36.2 Å². The maximum atomic E-state index is 12.6. The Morgan fingerprint density at radius 3 is 2.64 bits per heavy atom. The summed E-state index contributed by atoms with van der Waals surface area (Å²) >= 11 is 0. The van der Waals surface area contributed by atoms with Gasteiger partial charge in [-0.2, -0.15) is 5.10 Å². The van der Waals surface area contributed by atoms with Crippen molar-refractivity contribution in [2.45, 2.75) is 19.4 Å². The summed E-state index contributed by atoms with van der Waals surface area (Å²) in [4.78, 5) is 27.3. The van der Waals surface area contributed by atoms with Crippen molar-refractivity contribution in [2.75, 3.05) is 7.11 Å². The van der Waals surface area contributed by atoms with Gasteiger partial charge < -0.3 is 15.0 Å². The molecule has 144 valence electrons. The molecule has 0 unspecified atom stereocenters. The molecule has 0 saturated carbocycles. The van der Waals surface area contributed by atoms with E-state index in [0.29, 0.717) is 6.42 Å². The molecule has 1 atom stereocenters. The Bertz CT molecular complexity index is 992. The van der Waals surface area contributed by atoms with Crippen molar-refractivity contribution >= 4 is 28.9 Å². The van der Waals surface area contributed by atoms with Gasteiger partial charge in [-0.15, -0.1) is 0 Å². The third-order valence-corrected chi connectivity index (χ3v) is 4.30. The molecule has 0 aliphatic heterocycles. The summed E-state index contributed by atoms with van der Waals surface area (Å²) in [5.41, 5.74) is 5.24. The van der Waals surface area contributed by atoms with Crippen molar-refractivity contribution < 1.29 is 14.3 Å². The molecule has 3 rings (SSSR count). The lowest BCUT2D eigenvalue weighted by molar-refractivity contribution is -0.128. The van der Waals surface area contributed by atoms with Gasteiger partial charge in [-0.3, -0.25) is 9.59 Å². The zero-order chi connectivity index (χ0) is 19.9. The number of ether oxygens (including phenoxy) is 1. The van der Waals surface area contributed by atoms with E-state index in [0.717, 1.165) is 27.8 Å². The molecule has 0 radical (unpaired) electrons. The first-order valence-electron chi connectivity index (χ1n) is 8.86. The standard InChI is InChI=1S/C21H22N4O3/c1-14(26)24-20(11-16-13-22-19-6-4-3-5-18(16)19)21(27)25-23-12-15-7-9-17(28-2)10-8-15/h3-10,12-13,20,22H,11H2,1-2H3,(H,24,26)(H,25,27)/b23-12+/t20-/m0/s1. The highest BCUT2D eigenvalue weighted by Crippen LogP contribution is 2.19. The van der Waals surface area contributed by atoms with Crippen LogP contribution in [0.1, 0.15) is 18.1 Å². The summed E-state index contributed by atoms with van der Waals surface area (Å²) in [6, 6.07) is 14.3. The van der Waals surface area contributed by atoms with E-state index in [1.54, 1.807) is 19.2 Å². The Hall–Kier alpha value is -3.61. The fourth-order valence-corrected chi connectivity index (χ4v) is 2.91. The number of amides is 2. The summed E-state index contributed by atoms with van der Waals surface area (Å²) in [7, 11) is 1.60. The molecule has 2 aromatic carbocycles. The summed E-state index contributed by atoms with van der Waals surface area (Å²) < 4.78 is 5.10. The molecule has 0 aliphatic carbocycles. The summed E-state index contributed by atoms with van der Waals surface area (Å²) in [6.45, 7) is 1.39. The molecule has 0 spiro atoms. The first-order valence-corrected chi connectivity index (χ1v) is 8.86. The number of nitrogens with zero attached hydrogens (tertiary/aromatic N) is 1. The van der Waals surface area contributed by atoms with Crippen molar-refractivity contribution in [3.05, 3.63) is 65.9 Å². The molecule has 28 heavy (non-hydrogen) atoms. The SMILES string of the molecule is COc1ccc(/C=N/NC(=O)[C@H](Cc2c[nH]c3ccccc23)NC(C)=O)cc1. The number of para-hydroxylation sites is 1. The molecule has 0 fully saturated rings. The van der Waals surface area contributed by atoms with Crippen LogP contribution in [0.3, 0.4) is 0 Å². The quantitative estimate of drug-likeness (QED) is 0.435. The Labute approximate surface area is 162 Å². The largest absolute Gasteiger partial charge is 0.497 e. The van der Waals surface area contributed by atoms with Gasteiger partial charge in [-0.1, -0.05) is 18.2 Å². The number of H-pyrrole nitrogens is 1. The molecular weight excluding hydrogens is 356 g/mol. The topological polar surface area (TPSA) is 95.6 Å². The smallest absolute Gasteiger partial charge is 0.262 e. The minimum Gasteiger partial charge on any atom is -0.497 e. The van der Waals surface area contributed by atoms with Crippen LogP contribution in [0.5, 0.6) is 5.75 Å². The lowest BCUT2D eigenvalue weighted by Gasteiger charge is -2.15. The van der Waals surface area contributed by atoms with Gasteiger partial charge in [0.1, 0.15) is 11.8 Å². The van der Waals surface area contributed by atoms with Crippen LogP contribution in [0.4, 0.5) is 0 Å². The molecular formula is C21H22N4O3. The fraction of sp³-hybridized carbons (Fsp3) is 0.190. The van der Waals surface area contributed by atoms with Gasteiger partial charge in [0.2, 0.25) is 5.91 Å². The highest BCUT2D eigenvalue weighted by atomic mass is 16.5. The van der Waals surface area contributed by atoms with Gasteiger partial charge >= 0.3 is 0 Å². The third kappa shape index (κ3) is 4.76. The molecule has 0 bridgehead atoms. The average molecular weight is 378 g/mol. The van der Waals surface area contributed by atoms with Gasteiger partial charge in [0, 0.05) is 30.4 Å². The predicted molar refractivity (Wildman–Crippen MR) is 108 cm³/mol. The van der Waals surface area contributed by atoms with Gasteiger partial charge in [0.25, 0.3) is 5.91 Å². The molecule has 7 heteroatoms. The number of nitrogens with one attached hydrogen (secondary N) is 3. The van der Waals surface area contributed by atoms with Crippen molar-refractivity contribution in [1.29, 1.82) is 0 Å². The van der Waals surface area contributed by atoms with Crippen LogP contribution in [0.15, 0.2) is 59.8 Å². The lowest BCUT2D eigenvalue weighted by Crippen LogP contribution is -2.46. The molecule has 3 aromatic rings. The van der Waals surface area contributed by atoms with Crippen molar-refractivity contribution in [1.82, 2.24) is 15.7 Å². The second kappa shape index (κ2) is 8.85. The highest BCUT2D eigenvalue weighted by molar-refractivity contribution is 5.90. The minimum atomic E-state index is -0.732. The molecule has 1 heterocycles. The van der Waals surface area contributed by atoms with E-state index in [9.17, 15) is 9.59 Å². The normalized spacial score (nSPS) is 12.1. The number of hydrazone groups is 1. The Morgan fingerprint density at radius 1 is 1.18 bits per heavy atom. The van der Waals surface area contributed by atoms with Gasteiger partial charge in [-0.25, -0.2) is 5.43 Å². The lowest BCUT2D eigenvalue weighted by atomic mass is 10.0. The van der Waals surface area contributed by atoms with Crippen LogP contribution in [0, 0.1) is 0 Å². The number of carbonyl (C=O) groups is 2. The molecule has 2 amide bonds.